The summed E-state index contributed by atoms with van der Waals surface area (Å²) in [6, 6.07) is 2.84. The smallest absolute Gasteiger partial charge is 0.256 e. The van der Waals surface area contributed by atoms with Crippen molar-refractivity contribution in [1.82, 2.24) is 10.3 Å². The van der Waals surface area contributed by atoms with Gasteiger partial charge < -0.3 is 15.2 Å². The van der Waals surface area contributed by atoms with Crippen LogP contribution in [0.1, 0.15) is 23.2 Å². The summed E-state index contributed by atoms with van der Waals surface area (Å²) in [5.41, 5.74) is -1.08. The zero-order valence-electron chi connectivity index (χ0n) is 9.86. The normalized spacial score (nSPS) is 18.3. The Labute approximate surface area is 104 Å². The van der Waals surface area contributed by atoms with Crippen molar-refractivity contribution in [3.8, 4) is 0 Å². The molecule has 0 aromatic carbocycles. The summed E-state index contributed by atoms with van der Waals surface area (Å²) in [5.74, 6) is -1.38. The van der Waals surface area contributed by atoms with E-state index in [4.69, 9.17) is 4.74 Å². The summed E-state index contributed by atoms with van der Waals surface area (Å²) in [7, 11) is 0. The van der Waals surface area contributed by atoms with E-state index >= 15 is 0 Å². The Kier molecular flexibility index (Phi) is 3.88. The van der Waals surface area contributed by atoms with Gasteiger partial charge in [-0.25, -0.2) is 4.98 Å². The van der Waals surface area contributed by atoms with Crippen LogP contribution in [0.4, 0.5) is 4.39 Å². The van der Waals surface area contributed by atoms with Crippen LogP contribution in [0.5, 0.6) is 0 Å². The number of carbonyl (C=O) groups excluding carboxylic acids is 1. The Bertz CT molecular complexity index is 433. The minimum atomic E-state index is -0.966. The fraction of sp³-hybridized carbons (Fsp3) is 0.500. The first-order valence-electron chi connectivity index (χ1n) is 5.80. The molecule has 1 aliphatic heterocycles. The molecule has 18 heavy (non-hydrogen) atoms. The van der Waals surface area contributed by atoms with Crippen molar-refractivity contribution in [3.05, 3.63) is 29.8 Å². The van der Waals surface area contributed by atoms with Gasteiger partial charge in [0.05, 0.1) is 11.2 Å². The number of rotatable bonds is 3. The number of hydrogen-bond acceptors (Lipinski definition) is 4. The molecule has 0 bridgehead atoms. The molecule has 2 N–H and O–H groups in total. The third kappa shape index (κ3) is 3.02. The van der Waals surface area contributed by atoms with Crippen LogP contribution in [-0.4, -0.2) is 41.4 Å². The lowest BCUT2D eigenvalue weighted by atomic mass is 9.94. The molecule has 0 spiro atoms. The second-order valence-corrected chi connectivity index (χ2v) is 4.36. The molecule has 0 unspecified atom stereocenters. The predicted molar refractivity (Wildman–Crippen MR) is 61.5 cm³/mol. The SMILES string of the molecule is O=C(NCC1(O)CCOCC1)c1cccnc1F. The van der Waals surface area contributed by atoms with Crippen molar-refractivity contribution in [2.24, 2.45) is 0 Å². The fourth-order valence-corrected chi connectivity index (χ4v) is 1.82. The molecular formula is C12H15FN2O3. The summed E-state index contributed by atoms with van der Waals surface area (Å²) < 4.78 is 18.4. The first kappa shape index (κ1) is 12.9. The molecule has 5 nitrogen and oxygen atoms in total. The van der Waals surface area contributed by atoms with Crippen molar-refractivity contribution < 1.29 is 19.0 Å². The Morgan fingerprint density at radius 2 is 2.28 bits per heavy atom. The van der Waals surface area contributed by atoms with Crippen LogP contribution in [-0.2, 0) is 4.74 Å². The lowest BCUT2D eigenvalue weighted by Crippen LogP contribution is -2.46. The van der Waals surface area contributed by atoms with Crippen molar-refractivity contribution in [2.75, 3.05) is 19.8 Å². The quantitative estimate of drug-likeness (QED) is 0.770. The highest BCUT2D eigenvalue weighted by Gasteiger charge is 2.30. The summed E-state index contributed by atoms with van der Waals surface area (Å²) in [6.07, 6.45) is 2.20. The van der Waals surface area contributed by atoms with Crippen LogP contribution in [0.25, 0.3) is 0 Å². The molecule has 2 rings (SSSR count). The minimum Gasteiger partial charge on any atom is -0.388 e. The van der Waals surface area contributed by atoms with E-state index in [1.165, 1.54) is 18.3 Å². The molecule has 1 aliphatic rings. The maximum Gasteiger partial charge on any atom is 0.256 e. The average molecular weight is 254 g/mol. The molecule has 2 heterocycles. The van der Waals surface area contributed by atoms with Crippen LogP contribution in [0.2, 0.25) is 0 Å². The van der Waals surface area contributed by atoms with E-state index in [1.807, 2.05) is 0 Å². The Morgan fingerprint density at radius 3 is 2.94 bits per heavy atom. The number of ether oxygens (including phenoxy) is 1. The fourth-order valence-electron chi connectivity index (χ4n) is 1.82. The highest BCUT2D eigenvalue weighted by Crippen LogP contribution is 2.19. The largest absolute Gasteiger partial charge is 0.388 e. The van der Waals surface area contributed by atoms with E-state index in [9.17, 15) is 14.3 Å². The van der Waals surface area contributed by atoms with E-state index in [2.05, 4.69) is 10.3 Å². The van der Waals surface area contributed by atoms with E-state index in [0.717, 1.165) is 0 Å². The number of nitrogens with zero attached hydrogens (tertiary/aromatic N) is 1. The van der Waals surface area contributed by atoms with E-state index in [0.29, 0.717) is 26.1 Å². The summed E-state index contributed by atoms with van der Waals surface area (Å²) in [6.45, 7) is 1.02. The van der Waals surface area contributed by atoms with Gasteiger partial charge in [-0.15, -0.1) is 0 Å². The molecule has 0 radical (unpaired) electrons. The van der Waals surface area contributed by atoms with Crippen LogP contribution >= 0.6 is 0 Å². The third-order valence-electron chi connectivity index (χ3n) is 3.01. The molecule has 0 aliphatic carbocycles. The topological polar surface area (TPSA) is 71.5 Å². The highest BCUT2D eigenvalue weighted by atomic mass is 19.1. The standard InChI is InChI=1S/C12H15FN2O3/c13-10-9(2-1-5-14-10)11(16)15-8-12(17)3-6-18-7-4-12/h1-2,5,17H,3-4,6-8H2,(H,15,16). The second kappa shape index (κ2) is 5.41. The van der Waals surface area contributed by atoms with Gasteiger partial charge in [-0.1, -0.05) is 0 Å². The van der Waals surface area contributed by atoms with Crippen LogP contribution in [0.15, 0.2) is 18.3 Å². The van der Waals surface area contributed by atoms with Crippen LogP contribution in [0.3, 0.4) is 0 Å². The maximum atomic E-state index is 13.2. The van der Waals surface area contributed by atoms with Crippen LogP contribution in [0, 0.1) is 5.95 Å². The van der Waals surface area contributed by atoms with Gasteiger partial charge in [-0.2, -0.15) is 4.39 Å². The molecule has 1 fully saturated rings. The van der Waals surface area contributed by atoms with E-state index in [-0.39, 0.29) is 12.1 Å². The van der Waals surface area contributed by atoms with Crippen molar-refractivity contribution in [1.29, 1.82) is 0 Å². The number of amides is 1. The predicted octanol–water partition coefficient (Wildman–Crippen LogP) is 0.492. The lowest BCUT2D eigenvalue weighted by molar-refractivity contribution is -0.0605. The number of carbonyl (C=O) groups is 1. The summed E-state index contributed by atoms with van der Waals surface area (Å²) in [5, 5.41) is 12.7. The van der Waals surface area contributed by atoms with Gasteiger partial charge in [-0.3, -0.25) is 4.79 Å². The molecule has 1 saturated heterocycles. The van der Waals surface area contributed by atoms with Gasteiger partial charge >= 0.3 is 0 Å². The number of aromatic nitrogens is 1. The number of pyridine rings is 1. The van der Waals surface area contributed by atoms with Gasteiger partial charge in [0.25, 0.3) is 5.91 Å². The van der Waals surface area contributed by atoms with Gasteiger partial charge in [0.15, 0.2) is 0 Å². The number of aliphatic hydroxyl groups is 1. The Balaban J connectivity index is 1.94. The Morgan fingerprint density at radius 1 is 1.56 bits per heavy atom. The molecule has 1 amide bonds. The zero-order valence-corrected chi connectivity index (χ0v) is 9.86. The minimum absolute atomic E-state index is 0.0868. The number of halogens is 1. The molecule has 6 heteroatoms. The average Bonchev–Trinajstić information content (AvgIpc) is 2.38. The summed E-state index contributed by atoms with van der Waals surface area (Å²) >= 11 is 0. The first-order valence-corrected chi connectivity index (χ1v) is 5.80. The second-order valence-electron chi connectivity index (χ2n) is 4.36. The maximum absolute atomic E-state index is 13.2. The monoisotopic (exact) mass is 254 g/mol. The Hall–Kier alpha value is -1.53. The molecular weight excluding hydrogens is 239 g/mol. The molecule has 98 valence electrons. The number of nitrogens with one attached hydrogen (secondary N) is 1. The molecule has 0 saturated carbocycles. The number of hydrogen-bond donors (Lipinski definition) is 2. The highest BCUT2D eigenvalue weighted by molar-refractivity contribution is 5.94. The van der Waals surface area contributed by atoms with Crippen molar-refractivity contribution in [3.63, 3.8) is 0 Å². The molecule has 1 aromatic rings. The van der Waals surface area contributed by atoms with Gasteiger partial charge in [0.1, 0.15) is 0 Å². The van der Waals surface area contributed by atoms with Gasteiger partial charge in [-0.05, 0) is 12.1 Å². The van der Waals surface area contributed by atoms with E-state index in [1.54, 1.807) is 0 Å². The van der Waals surface area contributed by atoms with Crippen LogP contribution < -0.4 is 5.32 Å². The lowest BCUT2D eigenvalue weighted by Gasteiger charge is -2.32. The third-order valence-corrected chi connectivity index (χ3v) is 3.01. The van der Waals surface area contributed by atoms with Gasteiger partial charge in [0.2, 0.25) is 5.95 Å². The zero-order chi connectivity index (χ0) is 13.0. The van der Waals surface area contributed by atoms with Gasteiger partial charge in [0, 0.05) is 38.8 Å². The van der Waals surface area contributed by atoms with Crippen molar-refractivity contribution in [2.45, 2.75) is 18.4 Å². The summed E-state index contributed by atoms with van der Waals surface area (Å²) in [4.78, 5) is 15.1. The van der Waals surface area contributed by atoms with Crippen molar-refractivity contribution >= 4 is 5.91 Å². The van der Waals surface area contributed by atoms with E-state index < -0.39 is 17.5 Å². The molecule has 0 atom stereocenters. The molecule has 1 aromatic heterocycles. The first-order chi connectivity index (χ1) is 8.61.